The smallest absolute Gasteiger partial charge is 0.0143 e. The van der Waals surface area contributed by atoms with Crippen molar-refractivity contribution < 1.29 is 0 Å². The number of fused-ring (bicyclic) bond motifs is 1. The van der Waals surface area contributed by atoms with Gasteiger partial charge in [-0.3, -0.25) is 0 Å². The molecule has 2 rings (SSSR count). The maximum Gasteiger partial charge on any atom is -0.0143 e. The third kappa shape index (κ3) is 2.19. The van der Waals surface area contributed by atoms with Crippen LogP contribution in [0, 0.1) is 17.3 Å². The molecule has 0 heterocycles. The Morgan fingerprint density at radius 1 is 1.13 bits per heavy atom. The number of allylic oxidation sites excluding steroid dienone is 4. The maximum atomic E-state index is 2.55. The normalized spacial score (nSPS) is 34.9. The molecule has 84 valence electrons. The van der Waals surface area contributed by atoms with Gasteiger partial charge in [-0.1, -0.05) is 37.1 Å². The lowest BCUT2D eigenvalue weighted by Crippen LogP contribution is -1.90. The van der Waals surface area contributed by atoms with Crippen molar-refractivity contribution in [3.8, 4) is 0 Å². The van der Waals surface area contributed by atoms with Crippen molar-refractivity contribution in [2.45, 2.75) is 53.4 Å². The van der Waals surface area contributed by atoms with Crippen LogP contribution < -0.4 is 0 Å². The SMILES string of the molecule is CC1=CC2C(CCC(C)=CCC1)C2(C)C. The van der Waals surface area contributed by atoms with Crippen LogP contribution >= 0.6 is 0 Å². The van der Waals surface area contributed by atoms with E-state index in [4.69, 9.17) is 0 Å². The molecule has 0 bridgehead atoms. The molecule has 0 aromatic heterocycles. The van der Waals surface area contributed by atoms with Crippen LogP contribution in [-0.2, 0) is 0 Å². The summed E-state index contributed by atoms with van der Waals surface area (Å²) in [6.07, 6.45) is 10.2. The van der Waals surface area contributed by atoms with Crippen LogP contribution in [0.1, 0.15) is 53.4 Å². The molecule has 1 fully saturated rings. The largest absolute Gasteiger partial charge is 0.0853 e. The van der Waals surface area contributed by atoms with E-state index in [1.54, 1.807) is 11.1 Å². The molecule has 0 spiro atoms. The van der Waals surface area contributed by atoms with E-state index < -0.39 is 0 Å². The second kappa shape index (κ2) is 3.81. The van der Waals surface area contributed by atoms with E-state index in [9.17, 15) is 0 Å². The third-order valence-electron chi connectivity index (χ3n) is 4.48. The minimum Gasteiger partial charge on any atom is -0.0853 e. The molecule has 0 N–H and O–H groups in total. The molecule has 0 aromatic rings. The van der Waals surface area contributed by atoms with Gasteiger partial charge in [0.05, 0.1) is 0 Å². The zero-order valence-electron chi connectivity index (χ0n) is 10.6. The highest BCUT2D eigenvalue weighted by atomic mass is 14.6. The van der Waals surface area contributed by atoms with E-state index in [0.29, 0.717) is 5.41 Å². The summed E-state index contributed by atoms with van der Waals surface area (Å²) in [7, 11) is 0. The number of rotatable bonds is 0. The fourth-order valence-electron chi connectivity index (χ4n) is 3.09. The Balaban J connectivity index is 2.13. The predicted molar refractivity (Wildman–Crippen MR) is 66.7 cm³/mol. The molecule has 0 heteroatoms. The van der Waals surface area contributed by atoms with Crippen LogP contribution in [0.5, 0.6) is 0 Å². The van der Waals surface area contributed by atoms with E-state index in [1.165, 1.54) is 25.7 Å². The molecule has 15 heavy (non-hydrogen) atoms. The Bertz CT molecular complexity index is 304. The highest BCUT2D eigenvalue weighted by Crippen LogP contribution is 2.61. The van der Waals surface area contributed by atoms with Crippen LogP contribution in [0.2, 0.25) is 0 Å². The topological polar surface area (TPSA) is 0 Å². The average Bonchev–Trinajstić information content (AvgIpc) is 2.65. The Morgan fingerprint density at radius 2 is 1.87 bits per heavy atom. The summed E-state index contributed by atoms with van der Waals surface area (Å²) in [5, 5.41) is 0. The minimum absolute atomic E-state index is 0.575. The highest BCUT2D eigenvalue weighted by Gasteiger charge is 2.55. The second-order valence-corrected chi connectivity index (χ2v) is 6.09. The van der Waals surface area contributed by atoms with Crippen molar-refractivity contribution >= 4 is 0 Å². The first-order valence-electron chi connectivity index (χ1n) is 6.34. The van der Waals surface area contributed by atoms with E-state index in [1.807, 2.05) is 0 Å². The number of hydrogen-bond acceptors (Lipinski definition) is 0. The van der Waals surface area contributed by atoms with Gasteiger partial charge in [0.25, 0.3) is 0 Å². The summed E-state index contributed by atoms with van der Waals surface area (Å²) >= 11 is 0. The van der Waals surface area contributed by atoms with E-state index in [-0.39, 0.29) is 0 Å². The summed E-state index contributed by atoms with van der Waals surface area (Å²) in [6, 6.07) is 0. The zero-order valence-corrected chi connectivity index (χ0v) is 10.6. The Kier molecular flexibility index (Phi) is 2.79. The monoisotopic (exact) mass is 204 g/mol. The third-order valence-corrected chi connectivity index (χ3v) is 4.48. The lowest BCUT2D eigenvalue weighted by Gasteiger charge is -2.05. The highest BCUT2D eigenvalue weighted by molar-refractivity contribution is 5.19. The van der Waals surface area contributed by atoms with Gasteiger partial charge >= 0.3 is 0 Å². The average molecular weight is 204 g/mol. The molecule has 0 aliphatic heterocycles. The standard InChI is InChI=1S/C15H24/c1-11-6-5-7-12(2)10-14-13(9-8-11)15(14,3)4/h6,10,13-14H,5,7-9H2,1-4H3. The minimum atomic E-state index is 0.575. The maximum absolute atomic E-state index is 2.55. The van der Waals surface area contributed by atoms with Crippen molar-refractivity contribution in [2.24, 2.45) is 17.3 Å². The fourth-order valence-corrected chi connectivity index (χ4v) is 3.09. The predicted octanol–water partition coefficient (Wildman–Crippen LogP) is 4.73. The van der Waals surface area contributed by atoms with Gasteiger partial charge in [-0.25, -0.2) is 0 Å². The van der Waals surface area contributed by atoms with Gasteiger partial charge in [-0.2, -0.15) is 0 Å². The van der Waals surface area contributed by atoms with Gasteiger partial charge in [-0.05, 0) is 56.8 Å². The summed E-state index contributed by atoms with van der Waals surface area (Å²) in [6.45, 7) is 9.47. The van der Waals surface area contributed by atoms with Crippen LogP contribution in [-0.4, -0.2) is 0 Å². The molecule has 0 radical (unpaired) electrons. The molecule has 0 aromatic carbocycles. The second-order valence-electron chi connectivity index (χ2n) is 6.09. The molecular formula is C15H24. The fraction of sp³-hybridized carbons (Fsp3) is 0.733. The molecule has 2 atom stereocenters. The first kappa shape index (κ1) is 11.0. The van der Waals surface area contributed by atoms with Crippen molar-refractivity contribution in [2.75, 3.05) is 0 Å². The van der Waals surface area contributed by atoms with Crippen molar-refractivity contribution in [3.05, 3.63) is 23.3 Å². The van der Waals surface area contributed by atoms with Gasteiger partial charge in [0, 0.05) is 0 Å². The van der Waals surface area contributed by atoms with Crippen LogP contribution in [0.4, 0.5) is 0 Å². The molecule has 2 aliphatic rings. The first-order valence-corrected chi connectivity index (χ1v) is 6.34. The number of hydrogen-bond donors (Lipinski definition) is 0. The van der Waals surface area contributed by atoms with Crippen molar-refractivity contribution in [1.29, 1.82) is 0 Å². The van der Waals surface area contributed by atoms with Gasteiger partial charge in [-0.15, -0.1) is 0 Å². The quantitative estimate of drug-likeness (QED) is 0.501. The van der Waals surface area contributed by atoms with Crippen LogP contribution in [0.25, 0.3) is 0 Å². The molecule has 0 nitrogen and oxygen atoms in total. The lowest BCUT2D eigenvalue weighted by molar-refractivity contribution is 0.528. The Hall–Kier alpha value is -0.520. The summed E-state index contributed by atoms with van der Waals surface area (Å²) < 4.78 is 0. The van der Waals surface area contributed by atoms with Gasteiger partial charge in [0.1, 0.15) is 0 Å². The van der Waals surface area contributed by atoms with Gasteiger partial charge < -0.3 is 0 Å². The van der Waals surface area contributed by atoms with E-state index in [2.05, 4.69) is 39.8 Å². The van der Waals surface area contributed by atoms with Crippen LogP contribution in [0.15, 0.2) is 23.3 Å². The first-order chi connectivity index (χ1) is 7.01. The molecule has 0 saturated heterocycles. The Morgan fingerprint density at radius 3 is 2.60 bits per heavy atom. The molecule has 1 saturated carbocycles. The van der Waals surface area contributed by atoms with E-state index in [0.717, 1.165) is 11.8 Å². The zero-order chi connectivity index (χ0) is 11.1. The van der Waals surface area contributed by atoms with Crippen LogP contribution in [0.3, 0.4) is 0 Å². The molecule has 0 amide bonds. The summed E-state index contributed by atoms with van der Waals surface area (Å²) in [4.78, 5) is 0. The van der Waals surface area contributed by atoms with E-state index >= 15 is 0 Å². The molecule has 2 aliphatic carbocycles. The van der Waals surface area contributed by atoms with Crippen molar-refractivity contribution in [3.63, 3.8) is 0 Å². The molecular weight excluding hydrogens is 180 g/mol. The summed E-state index contributed by atoms with van der Waals surface area (Å²) in [5.41, 5.74) is 3.78. The lowest BCUT2D eigenvalue weighted by atomic mass is 10.0. The molecule has 2 unspecified atom stereocenters. The van der Waals surface area contributed by atoms with Gasteiger partial charge in [0.15, 0.2) is 0 Å². The Labute approximate surface area is 94.5 Å². The van der Waals surface area contributed by atoms with Gasteiger partial charge in [0.2, 0.25) is 0 Å². The van der Waals surface area contributed by atoms with Crippen molar-refractivity contribution in [1.82, 2.24) is 0 Å². The summed E-state index contributed by atoms with van der Waals surface area (Å²) in [5.74, 6) is 1.80.